The standard InChI is InChI=1S/C23H19N5O2S/c1-16-20(10-11-30-16)22-26-27-23(28(22)14-17-6-3-2-4-7-17)31-15-21(29)25-19-9-5-8-18(12-19)13-24/h2-12H,14-15H2,1H3,(H,25,29). The molecule has 0 fully saturated rings. The van der Waals surface area contributed by atoms with Crippen molar-refractivity contribution < 1.29 is 9.21 Å². The fourth-order valence-corrected chi connectivity index (χ4v) is 3.85. The molecule has 0 aliphatic rings. The van der Waals surface area contributed by atoms with Crippen molar-refractivity contribution in [2.75, 3.05) is 11.1 Å². The van der Waals surface area contributed by atoms with Crippen molar-refractivity contribution in [2.24, 2.45) is 0 Å². The fraction of sp³-hybridized carbons (Fsp3) is 0.130. The molecule has 31 heavy (non-hydrogen) atoms. The van der Waals surface area contributed by atoms with Crippen LogP contribution in [0.1, 0.15) is 16.9 Å². The van der Waals surface area contributed by atoms with Crippen LogP contribution in [0.25, 0.3) is 11.4 Å². The molecule has 0 aliphatic heterocycles. The van der Waals surface area contributed by atoms with Gasteiger partial charge in [0.05, 0.1) is 35.8 Å². The van der Waals surface area contributed by atoms with Crippen molar-refractivity contribution in [2.45, 2.75) is 18.6 Å². The van der Waals surface area contributed by atoms with E-state index in [4.69, 9.17) is 9.68 Å². The summed E-state index contributed by atoms with van der Waals surface area (Å²) in [5.41, 5.74) is 3.05. The number of benzene rings is 2. The Bertz CT molecular complexity index is 1240. The molecule has 0 bridgehead atoms. The maximum absolute atomic E-state index is 12.5. The summed E-state index contributed by atoms with van der Waals surface area (Å²) in [5.74, 6) is 1.43. The van der Waals surface area contributed by atoms with Crippen LogP contribution in [-0.4, -0.2) is 26.4 Å². The van der Waals surface area contributed by atoms with Crippen molar-refractivity contribution in [3.05, 3.63) is 83.8 Å². The summed E-state index contributed by atoms with van der Waals surface area (Å²) >= 11 is 1.31. The molecule has 0 spiro atoms. The smallest absolute Gasteiger partial charge is 0.234 e. The Morgan fingerprint density at radius 3 is 2.74 bits per heavy atom. The zero-order chi connectivity index (χ0) is 21.6. The van der Waals surface area contributed by atoms with E-state index in [1.165, 1.54) is 11.8 Å². The van der Waals surface area contributed by atoms with E-state index in [0.29, 0.717) is 28.8 Å². The lowest BCUT2D eigenvalue weighted by atomic mass is 10.2. The van der Waals surface area contributed by atoms with Crippen LogP contribution in [0.2, 0.25) is 0 Å². The lowest BCUT2D eigenvalue weighted by Gasteiger charge is -2.10. The average Bonchev–Trinajstić information content (AvgIpc) is 3.38. The Kier molecular flexibility index (Phi) is 6.15. The summed E-state index contributed by atoms with van der Waals surface area (Å²) in [5, 5.41) is 21.2. The zero-order valence-electron chi connectivity index (χ0n) is 16.8. The number of nitrogens with zero attached hydrogens (tertiary/aromatic N) is 4. The molecule has 2 aromatic carbocycles. The summed E-state index contributed by atoms with van der Waals surface area (Å²) < 4.78 is 7.43. The van der Waals surface area contributed by atoms with Gasteiger partial charge in [-0.05, 0) is 36.8 Å². The topological polar surface area (TPSA) is 96.7 Å². The van der Waals surface area contributed by atoms with Crippen LogP contribution in [0, 0.1) is 18.3 Å². The molecule has 7 nitrogen and oxygen atoms in total. The van der Waals surface area contributed by atoms with E-state index in [-0.39, 0.29) is 11.7 Å². The summed E-state index contributed by atoms with van der Waals surface area (Å²) in [6.07, 6.45) is 1.63. The molecule has 2 aromatic heterocycles. The Morgan fingerprint density at radius 2 is 2.00 bits per heavy atom. The minimum atomic E-state index is -0.185. The number of hydrogen-bond donors (Lipinski definition) is 1. The van der Waals surface area contributed by atoms with Crippen LogP contribution < -0.4 is 5.32 Å². The summed E-state index contributed by atoms with van der Waals surface area (Å²) in [6.45, 7) is 2.45. The number of furan rings is 1. The number of nitriles is 1. The van der Waals surface area contributed by atoms with Crippen LogP contribution in [0.3, 0.4) is 0 Å². The van der Waals surface area contributed by atoms with Crippen LogP contribution in [0.5, 0.6) is 0 Å². The summed E-state index contributed by atoms with van der Waals surface area (Å²) in [7, 11) is 0. The minimum absolute atomic E-state index is 0.161. The lowest BCUT2D eigenvalue weighted by molar-refractivity contribution is -0.113. The molecule has 0 aliphatic carbocycles. The van der Waals surface area contributed by atoms with Crippen LogP contribution >= 0.6 is 11.8 Å². The molecule has 8 heteroatoms. The Labute approximate surface area is 183 Å². The second-order valence-corrected chi connectivity index (χ2v) is 7.74. The van der Waals surface area contributed by atoms with Gasteiger partial charge in [-0.1, -0.05) is 48.2 Å². The SMILES string of the molecule is Cc1occc1-c1nnc(SCC(=O)Nc2cccc(C#N)c2)n1Cc1ccccc1. The molecule has 2 heterocycles. The summed E-state index contributed by atoms with van der Waals surface area (Å²) in [4.78, 5) is 12.5. The highest BCUT2D eigenvalue weighted by molar-refractivity contribution is 7.99. The van der Waals surface area contributed by atoms with E-state index in [1.807, 2.05) is 47.9 Å². The molecular formula is C23H19N5O2S. The van der Waals surface area contributed by atoms with Gasteiger partial charge in [-0.3, -0.25) is 9.36 Å². The van der Waals surface area contributed by atoms with Crippen molar-refractivity contribution in [1.82, 2.24) is 14.8 Å². The first-order valence-corrected chi connectivity index (χ1v) is 10.6. The van der Waals surface area contributed by atoms with E-state index < -0.39 is 0 Å². The van der Waals surface area contributed by atoms with Gasteiger partial charge in [-0.15, -0.1) is 10.2 Å². The van der Waals surface area contributed by atoms with Crippen LogP contribution in [-0.2, 0) is 11.3 Å². The number of carbonyl (C=O) groups is 1. The third-order valence-electron chi connectivity index (χ3n) is 4.61. The average molecular weight is 430 g/mol. The monoisotopic (exact) mass is 429 g/mol. The van der Waals surface area contributed by atoms with Gasteiger partial charge in [-0.2, -0.15) is 5.26 Å². The second-order valence-electron chi connectivity index (χ2n) is 6.80. The number of aromatic nitrogens is 3. The van der Waals surface area contributed by atoms with Gasteiger partial charge in [0.25, 0.3) is 0 Å². The van der Waals surface area contributed by atoms with E-state index in [2.05, 4.69) is 21.6 Å². The van der Waals surface area contributed by atoms with Gasteiger partial charge < -0.3 is 9.73 Å². The number of hydrogen-bond acceptors (Lipinski definition) is 6. The van der Waals surface area contributed by atoms with Crippen molar-refractivity contribution in [3.8, 4) is 17.5 Å². The quantitative estimate of drug-likeness (QED) is 0.435. The fourth-order valence-electron chi connectivity index (χ4n) is 3.11. The molecular weight excluding hydrogens is 410 g/mol. The molecule has 0 atom stereocenters. The maximum Gasteiger partial charge on any atom is 0.234 e. The third kappa shape index (κ3) is 4.85. The predicted octanol–water partition coefficient (Wildman–Crippen LogP) is 4.50. The van der Waals surface area contributed by atoms with Gasteiger partial charge in [0.1, 0.15) is 5.76 Å². The first-order valence-electron chi connectivity index (χ1n) is 9.58. The molecule has 1 amide bonds. The first-order chi connectivity index (χ1) is 15.1. The molecule has 1 N–H and O–H groups in total. The molecule has 0 saturated carbocycles. The van der Waals surface area contributed by atoms with Gasteiger partial charge in [0, 0.05) is 5.69 Å². The van der Waals surface area contributed by atoms with Crippen LogP contribution in [0.15, 0.2) is 76.5 Å². The Morgan fingerprint density at radius 1 is 1.16 bits per heavy atom. The number of rotatable bonds is 7. The van der Waals surface area contributed by atoms with Crippen LogP contribution in [0.4, 0.5) is 5.69 Å². The number of anilines is 1. The summed E-state index contributed by atoms with van der Waals surface area (Å²) in [6, 6.07) is 20.8. The highest BCUT2D eigenvalue weighted by Gasteiger charge is 2.18. The van der Waals surface area contributed by atoms with E-state index >= 15 is 0 Å². The number of nitrogens with one attached hydrogen (secondary N) is 1. The molecule has 154 valence electrons. The minimum Gasteiger partial charge on any atom is -0.469 e. The Hall–Kier alpha value is -3.83. The largest absolute Gasteiger partial charge is 0.469 e. The molecule has 4 rings (SSSR count). The number of aryl methyl sites for hydroxylation is 1. The number of thioether (sulfide) groups is 1. The van der Waals surface area contributed by atoms with Gasteiger partial charge in [-0.25, -0.2) is 0 Å². The van der Waals surface area contributed by atoms with E-state index in [9.17, 15) is 4.79 Å². The number of carbonyl (C=O) groups excluding carboxylic acids is 1. The maximum atomic E-state index is 12.5. The number of amides is 1. The van der Waals surface area contributed by atoms with Gasteiger partial charge >= 0.3 is 0 Å². The Balaban J connectivity index is 1.53. The van der Waals surface area contributed by atoms with E-state index in [1.54, 1.807) is 30.5 Å². The first kappa shape index (κ1) is 20.4. The zero-order valence-corrected chi connectivity index (χ0v) is 17.6. The van der Waals surface area contributed by atoms with Gasteiger partial charge in [0.15, 0.2) is 11.0 Å². The van der Waals surface area contributed by atoms with Crippen molar-refractivity contribution in [1.29, 1.82) is 5.26 Å². The molecule has 0 unspecified atom stereocenters. The van der Waals surface area contributed by atoms with Crippen molar-refractivity contribution in [3.63, 3.8) is 0 Å². The molecule has 0 saturated heterocycles. The van der Waals surface area contributed by atoms with Crippen molar-refractivity contribution >= 4 is 23.4 Å². The highest BCUT2D eigenvalue weighted by atomic mass is 32.2. The highest BCUT2D eigenvalue weighted by Crippen LogP contribution is 2.28. The third-order valence-corrected chi connectivity index (χ3v) is 5.57. The van der Waals surface area contributed by atoms with E-state index in [0.717, 1.165) is 16.9 Å². The second kappa shape index (κ2) is 9.32. The molecule has 4 aromatic rings. The lowest BCUT2D eigenvalue weighted by Crippen LogP contribution is -2.15. The predicted molar refractivity (Wildman–Crippen MR) is 119 cm³/mol. The normalized spacial score (nSPS) is 10.6. The van der Waals surface area contributed by atoms with Gasteiger partial charge in [0.2, 0.25) is 5.91 Å². The molecule has 0 radical (unpaired) electrons.